The highest BCUT2D eigenvalue weighted by molar-refractivity contribution is 7.90. The van der Waals surface area contributed by atoms with E-state index in [1.54, 1.807) is 12.1 Å². The topological polar surface area (TPSA) is 124 Å². The van der Waals surface area contributed by atoms with Crippen molar-refractivity contribution >= 4 is 26.8 Å². The summed E-state index contributed by atoms with van der Waals surface area (Å²) in [6.45, 7) is 0. The molecule has 0 spiro atoms. The van der Waals surface area contributed by atoms with Crippen LogP contribution in [0.4, 0.5) is 13.2 Å². The third kappa shape index (κ3) is 4.53. The predicted molar refractivity (Wildman–Crippen MR) is 123 cm³/mol. The molecular formula is C23H17F3N4O4S. The first-order chi connectivity index (χ1) is 16.4. The number of amides is 1. The van der Waals surface area contributed by atoms with E-state index in [1.165, 1.54) is 36.4 Å². The maximum atomic E-state index is 13.4. The van der Waals surface area contributed by atoms with Gasteiger partial charge in [0.15, 0.2) is 15.5 Å². The van der Waals surface area contributed by atoms with E-state index in [-0.39, 0.29) is 21.6 Å². The fourth-order valence-corrected chi connectivity index (χ4v) is 4.26. The van der Waals surface area contributed by atoms with Crippen LogP contribution in [0.15, 0.2) is 76.4 Å². The average molecular weight is 502 g/mol. The minimum Gasteiger partial charge on any atom is -0.289 e. The van der Waals surface area contributed by atoms with Crippen molar-refractivity contribution in [1.82, 2.24) is 15.0 Å². The van der Waals surface area contributed by atoms with Crippen molar-refractivity contribution in [2.24, 2.45) is 5.84 Å². The summed E-state index contributed by atoms with van der Waals surface area (Å²) >= 11 is 0. The zero-order chi connectivity index (χ0) is 25.5. The molecule has 4 rings (SSSR count). The van der Waals surface area contributed by atoms with Crippen molar-refractivity contribution in [3.8, 4) is 16.8 Å². The third-order valence-corrected chi connectivity index (χ3v) is 6.38. The molecule has 0 unspecified atom stereocenters. The molecule has 3 aromatic carbocycles. The summed E-state index contributed by atoms with van der Waals surface area (Å²) in [5.41, 5.74) is 0.182. The van der Waals surface area contributed by atoms with E-state index in [9.17, 15) is 31.2 Å². The van der Waals surface area contributed by atoms with Crippen LogP contribution in [-0.4, -0.2) is 30.1 Å². The quantitative estimate of drug-likeness (QED) is 0.251. The lowest BCUT2D eigenvalue weighted by molar-refractivity contribution is -0.137. The van der Waals surface area contributed by atoms with Gasteiger partial charge in [0.2, 0.25) is 0 Å². The molecule has 12 heteroatoms. The van der Waals surface area contributed by atoms with Crippen LogP contribution in [0.1, 0.15) is 16.1 Å². The Balaban J connectivity index is 2.10. The van der Waals surface area contributed by atoms with E-state index in [1.807, 2.05) is 5.43 Å². The van der Waals surface area contributed by atoms with Crippen LogP contribution in [0.5, 0.6) is 0 Å². The molecule has 1 aromatic heterocycles. The summed E-state index contributed by atoms with van der Waals surface area (Å²) in [5, 5.41) is 0. The number of hydrogen-bond acceptors (Lipinski definition) is 6. The Morgan fingerprint density at radius 2 is 1.69 bits per heavy atom. The van der Waals surface area contributed by atoms with Crippen molar-refractivity contribution in [2.45, 2.75) is 11.1 Å². The molecule has 0 aliphatic carbocycles. The van der Waals surface area contributed by atoms with Gasteiger partial charge in [-0.1, -0.05) is 30.3 Å². The van der Waals surface area contributed by atoms with Crippen LogP contribution in [0.25, 0.3) is 27.8 Å². The van der Waals surface area contributed by atoms with Crippen LogP contribution in [0.2, 0.25) is 0 Å². The summed E-state index contributed by atoms with van der Waals surface area (Å²) in [6, 6.07) is 14.5. The van der Waals surface area contributed by atoms with E-state index < -0.39 is 38.7 Å². The van der Waals surface area contributed by atoms with E-state index in [0.29, 0.717) is 11.1 Å². The molecule has 0 aliphatic heterocycles. The number of carbonyl (C=O) groups excluding carboxylic acids is 1. The van der Waals surface area contributed by atoms with Gasteiger partial charge in [-0.05, 0) is 42.0 Å². The molecule has 0 aliphatic rings. The second-order valence-corrected chi connectivity index (χ2v) is 9.61. The van der Waals surface area contributed by atoms with E-state index in [4.69, 9.17) is 5.84 Å². The van der Waals surface area contributed by atoms with E-state index >= 15 is 0 Å². The lowest BCUT2D eigenvalue weighted by Gasteiger charge is -2.17. The largest absolute Gasteiger partial charge is 0.416 e. The maximum absolute atomic E-state index is 13.4. The highest BCUT2D eigenvalue weighted by atomic mass is 32.2. The number of rotatable bonds is 4. The molecule has 180 valence electrons. The molecule has 0 atom stereocenters. The van der Waals surface area contributed by atoms with Crippen molar-refractivity contribution in [2.75, 3.05) is 6.26 Å². The van der Waals surface area contributed by atoms with Gasteiger partial charge in [-0.3, -0.25) is 19.6 Å². The number of nitrogens with zero attached hydrogens (tertiary/aromatic N) is 2. The summed E-state index contributed by atoms with van der Waals surface area (Å²) < 4.78 is 64.8. The number of fused-ring (bicyclic) bond motifs is 1. The summed E-state index contributed by atoms with van der Waals surface area (Å²) in [5.74, 6) is 4.16. The lowest BCUT2D eigenvalue weighted by Crippen LogP contribution is -2.37. The zero-order valence-electron chi connectivity index (χ0n) is 18.0. The first-order valence-electron chi connectivity index (χ1n) is 9.96. The predicted octanol–water partition coefficient (Wildman–Crippen LogP) is 3.08. The number of nitrogens with two attached hydrogens (primary N) is 1. The van der Waals surface area contributed by atoms with Gasteiger partial charge in [0, 0.05) is 17.5 Å². The highest BCUT2D eigenvalue weighted by Gasteiger charge is 2.31. The molecule has 0 fully saturated rings. The van der Waals surface area contributed by atoms with Gasteiger partial charge in [-0.15, -0.1) is 0 Å². The van der Waals surface area contributed by atoms with Gasteiger partial charge in [-0.25, -0.2) is 19.2 Å². The fourth-order valence-electron chi connectivity index (χ4n) is 3.63. The molecule has 4 aromatic rings. The normalized spacial score (nSPS) is 12.0. The summed E-state index contributed by atoms with van der Waals surface area (Å²) in [6.07, 6.45) is -3.62. The van der Waals surface area contributed by atoms with E-state index in [2.05, 4.69) is 4.98 Å². The molecule has 0 saturated carbocycles. The zero-order valence-corrected chi connectivity index (χ0v) is 18.8. The minimum atomic E-state index is -4.68. The highest BCUT2D eigenvalue weighted by Crippen LogP contribution is 2.33. The SMILES string of the molecule is CS(=O)(=O)c1ccc(-c2cccc3nc(C(=O)NN)c(=O)n(-c4cccc(C(F)(F)F)c4)c23)cc1. The molecular weight excluding hydrogens is 485 g/mol. The summed E-state index contributed by atoms with van der Waals surface area (Å²) in [7, 11) is -3.47. The Hall–Kier alpha value is -4.03. The number of sulfone groups is 1. The monoisotopic (exact) mass is 502 g/mol. The number of hydrazine groups is 1. The Kier molecular flexibility index (Phi) is 5.95. The Morgan fingerprint density at radius 3 is 2.29 bits per heavy atom. The molecule has 8 nitrogen and oxygen atoms in total. The number of alkyl halides is 3. The number of benzene rings is 3. The van der Waals surface area contributed by atoms with E-state index in [0.717, 1.165) is 29.0 Å². The van der Waals surface area contributed by atoms with Gasteiger partial charge in [0.1, 0.15) is 0 Å². The first kappa shape index (κ1) is 24.1. The smallest absolute Gasteiger partial charge is 0.289 e. The average Bonchev–Trinajstić information content (AvgIpc) is 2.82. The van der Waals surface area contributed by atoms with Crippen LogP contribution in [0, 0.1) is 0 Å². The lowest BCUT2D eigenvalue weighted by atomic mass is 10.0. The Labute approximate surface area is 196 Å². The van der Waals surface area contributed by atoms with Crippen LogP contribution in [0.3, 0.4) is 0 Å². The Morgan fingerprint density at radius 1 is 1.03 bits per heavy atom. The number of aromatic nitrogens is 2. The van der Waals surface area contributed by atoms with Gasteiger partial charge in [0.25, 0.3) is 11.5 Å². The second kappa shape index (κ2) is 8.64. The van der Waals surface area contributed by atoms with Crippen molar-refractivity contribution in [1.29, 1.82) is 0 Å². The third-order valence-electron chi connectivity index (χ3n) is 5.25. The molecule has 1 heterocycles. The first-order valence-corrected chi connectivity index (χ1v) is 11.9. The molecule has 0 saturated heterocycles. The second-order valence-electron chi connectivity index (χ2n) is 7.59. The molecule has 0 radical (unpaired) electrons. The molecule has 3 N–H and O–H groups in total. The summed E-state index contributed by atoms with van der Waals surface area (Å²) in [4.78, 5) is 29.7. The molecule has 1 amide bonds. The van der Waals surface area contributed by atoms with Crippen LogP contribution in [-0.2, 0) is 16.0 Å². The van der Waals surface area contributed by atoms with Crippen LogP contribution >= 0.6 is 0 Å². The Bertz CT molecular complexity index is 1630. The standard InChI is InChI=1S/C23H17F3N4O4S/c1-35(33,34)16-10-8-13(9-11-16)17-6-3-7-18-20(17)30(22(32)19(28-18)21(31)29-27)15-5-2-4-14(12-15)23(24,25)26/h2-12H,27H2,1H3,(H,29,31). The fraction of sp³-hybridized carbons (Fsp3) is 0.0870. The number of halogens is 3. The van der Waals surface area contributed by atoms with Crippen molar-refractivity contribution in [3.05, 3.63) is 88.3 Å². The number of nitrogens with one attached hydrogen (secondary N) is 1. The molecule has 0 bridgehead atoms. The van der Waals surface area contributed by atoms with Gasteiger partial charge in [-0.2, -0.15) is 13.2 Å². The minimum absolute atomic E-state index is 0.0665. The number of hydrogen-bond donors (Lipinski definition) is 2. The van der Waals surface area contributed by atoms with Gasteiger partial charge in [0.05, 0.1) is 21.5 Å². The van der Waals surface area contributed by atoms with Gasteiger partial charge < -0.3 is 0 Å². The maximum Gasteiger partial charge on any atom is 0.416 e. The van der Waals surface area contributed by atoms with Crippen LogP contribution < -0.4 is 16.8 Å². The van der Waals surface area contributed by atoms with Gasteiger partial charge >= 0.3 is 6.18 Å². The number of carbonyl (C=O) groups is 1. The number of para-hydroxylation sites is 1. The van der Waals surface area contributed by atoms with Crippen molar-refractivity contribution < 1.29 is 26.4 Å². The molecule has 35 heavy (non-hydrogen) atoms. The van der Waals surface area contributed by atoms with Crippen molar-refractivity contribution in [3.63, 3.8) is 0 Å². The number of nitrogen functional groups attached to an aromatic ring is 1.